The average Bonchev–Trinajstić information content (AvgIpc) is 3.23. The zero-order valence-electron chi connectivity index (χ0n) is 20.6. The Morgan fingerprint density at radius 2 is 1.74 bits per heavy atom. The number of aryl methyl sites for hydroxylation is 4. The summed E-state index contributed by atoms with van der Waals surface area (Å²) < 4.78 is 11.8. The Hall–Kier alpha value is -3.32. The second kappa shape index (κ2) is 10.1. The van der Waals surface area contributed by atoms with Gasteiger partial charge in [0.2, 0.25) is 5.91 Å². The third-order valence-electron chi connectivity index (χ3n) is 7.13. The van der Waals surface area contributed by atoms with E-state index in [0.29, 0.717) is 38.5 Å². The van der Waals surface area contributed by atoms with Gasteiger partial charge >= 0.3 is 0 Å². The van der Waals surface area contributed by atoms with Crippen molar-refractivity contribution in [2.45, 2.75) is 39.5 Å². The Balaban J connectivity index is 1.10. The van der Waals surface area contributed by atoms with E-state index in [-0.39, 0.29) is 18.4 Å². The SMILES string of the molecule is Cc1cccc(C)c1NC(=O)CN1CCN(C(=O)COc2ccc3oc4c(c3c2)CCCC4)CC1. The molecule has 1 aliphatic carbocycles. The predicted molar refractivity (Wildman–Crippen MR) is 136 cm³/mol. The fourth-order valence-corrected chi connectivity index (χ4v) is 5.12. The van der Waals surface area contributed by atoms with Gasteiger partial charge in [0.05, 0.1) is 6.54 Å². The standard InChI is InChI=1S/C28H33N3O4/c1-19-6-5-7-20(2)28(19)29-26(32)17-30-12-14-31(15-13-30)27(33)18-34-21-10-11-25-23(16-21)22-8-3-4-9-24(22)35-25/h5-7,10-11,16H,3-4,8-9,12-15,17-18H2,1-2H3,(H,29,32). The number of nitrogens with one attached hydrogen (secondary N) is 1. The molecule has 1 saturated heterocycles. The normalized spacial score (nSPS) is 16.2. The molecule has 0 atom stereocenters. The maximum Gasteiger partial charge on any atom is 0.260 e. The zero-order valence-corrected chi connectivity index (χ0v) is 20.6. The highest BCUT2D eigenvalue weighted by molar-refractivity contribution is 5.93. The number of rotatable bonds is 6. The summed E-state index contributed by atoms with van der Waals surface area (Å²) in [6.07, 6.45) is 4.40. The third-order valence-corrected chi connectivity index (χ3v) is 7.13. The number of para-hydroxylation sites is 1. The van der Waals surface area contributed by atoms with E-state index in [4.69, 9.17) is 9.15 Å². The molecular weight excluding hydrogens is 442 g/mol. The molecule has 7 heteroatoms. The largest absolute Gasteiger partial charge is 0.484 e. The van der Waals surface area contributed by atoms with Crippen molar-refractivity contribution in [1.82, 2.24) is 9.80 Å². The van der Waals surface area contributed by atoms with E-state index < -0.39 is 0 Å². The highest BCUT2D eigenvalue weighted by Crippen LogP contribution is 2.34. The summed E-state index contributed by atoms with van der Waals surface area (Å²) in [5.74, 6) is 1.74. The van der Waals surface area contributed by atoms with Crippen molar-refractivity contribution in [2.24, 2.45) is 0 Å². The quantitative estimate of drug-likeness (QED) is 0.581. The van der Waals surface area contributed by atoms with Crippen LogP contribution in [0.1, 0.15) is 35.3 Å². The average molecular weight is 476 g/mol. The molecule has 0 spiro atoms. The summed E-state index contributed by atoms with van der Waals surface area (Å²) in [6, 6.07) is 11.8. The Morgan fingerprint density at radius 1 is 1.00 bits per heavy atom. The number of anilines is 1. The fraction of sp³-hybridized carbons (Fsp3) is 0.429. The predicted octanol–water partition coefficient (Wildman–Crippen LogP) is 4.09. The van der Waals surface area contributed by atoms with Gasteiger partial charge in [-0.1, -0.05) is 18.2 Å². The van der Waals surface area contributed by atoms with Crippen LogP contribution in [0.4, 0.5) is 5.69 Å². The minimum atomic E-state index is -0.0287. The number of hydrogen-bond donors (Lipinski definition) is 1. The number of benzene rings is 2. The van der Waals surface area contributed by atoms with Crippen molar-refractivity contribution in [1.29, 1.82) is 0 Å². The number of carbonyl (C=O) groups excluding carboxylic acids is 2. The van der Waals surface area contributed by atoms with E-state index >= 15 is 0 Å². The van der Waals surface area contributed by atoms with E-state index in [1.54, 1.807) is 0 Å². The molecular formula is C28H33N3O4. The first-order chi connectivity index (χ1) is 17.0. The molecule has 2 amide bonds. The molecule has 1 aliphatic heterocycles. The van der Waals surface area contributed by atoms with Crippen LogP contribution in [0, 0.1) is 13.8 Å². The van der Waals surface area contributed by atoms with Crippen molar-refractivity contribution >= 4 is 28.5 Å². The number of carbonyl (C=O) groups is 2. The monoisotopic (exact) mass is 475 g/mol. The van der Waals surface area contributed by atoms with Gasteiger partial charge in [-0.15, -0.1) is 0 Å². The van der Waals surface area contributed by atoms with E-state index in [0.717, 1.165) is 46.4 Å². The molecule has 5 rings (SSSR count). The number of fused-ring (bicyclic) bond motifs is 3. The minimum Gasteiger partial charge on any atom is -0.484 e. The number of hydrogen-bond acceptors (Lipinski definition) is 5. The number of ether oxygens (including phenoxy) is 1. The topological polar surface area (TPSA) is 75.0 Å². The highest BCUT2D eigenvalue weighted by atomic mass is 16.5. The first kappa shape index (κ1) is 23.4. The molecule has 1 fully saturated rings. The van der Waals surface area contributed by atoms with Crippen LogP contribution in [-0.4, -0.2) is 60.9 Å². The lowest BCUT2D eigenvalue weighted by atomic mass is 9.96. The molecule has 0 unspecified atom stereocenters. The van der Waals surface area contributed by atoms with Crippen molar-refractivity contribution in [3.63, 3.8) is 0 Å². The van der Waals surface area contributed by atoms with Gasteiger partial charge in [0.1, 0.15) is 17.1 Å². The summed E-state index contributed by atoms with van der Waals surface area (Å²) >= 11 is 0. The van der Waals surface area contributed by atoms with Crippen LogP contribution in [0.5, 0.6) is 5.75 Å². The van der Waals surface area contributed by atoms with Crippen molar-refractivity contribution < 1.29 is 18.7 Å². The second-order valence-electron chi connectivity index (χ2n) is 9.63. The van der Waals surface area contributed by atoms with E-state index in [9.17, 15) is 9.59 Å². The highest BCUT2D eigenvalue weighted by Gasteiger charge is 2.23. The van der Waals surface area contributed by atoms with Crippen LogP contribution in [0.2, 0.25) is 0 Å². The van der Waals surface area contributed by atoms with Crippen LogP contribution in [0.3, 0.4) is 0 Å². The lowest BCUT2D eigenvalue weighted by Gasteiger charge is -2.34. The molecule has 0 bridgehead atoms. The Labute approximate surface area is 206 Å². The Bertz CT molecular complexity index is 1220. The summed E-state index contributed by atoms with van der Waals surface area (Å²) in [5, 5.41) is 4.15. The van der Waals surface area contributed by atoms with Crippen molar-refractivity contribution in [3.8, 4) is 5.75 Å². The summed E-state index contributed by atoms with van der Waals surface area (Å²) in [7, 11) is 0. The van der Waals surface area contributed by atoms with Crippen LogP contribution in [-0.2, 0) is 22.4 Å². The molecule has 2 aromatic carbocycles. The Morgan fingerprint density at radius 3 is 2.51 bits per heavy atom. The van der Waals surface area contributed by atoms with Crippen LogP contribution < -0.4 is 10.1 Å². The van der Waals surface area contributed by atoms with E-state index in [2.05, 4.69) is 10.2 Å². The van der Waals surface area contributed by atoms with Gasteiger partial charge in [0.15, 0.2) is 6.61 Å². The summed E-state index contributed by atoms with van der Waals surface area (Å²) in [5.41, 5.74) is 5.19. The first-order valence-corrected chi connectivity index (χ1v) is 12.5. The molecule has 35 heavy (non-hydrogen) atoms. The van der Waals surface area contributed by atoms with Crippen LogP contribution >= 0.6 is 0 Å². The number of furan rings is 1. The zero-order chi connectivity index (χ0) is 24.4. The molecule has 184 valence electrons. The lowest BCUT2D eigenvalue weighted by molar-refractivity contribution is -0.135. The molecule has 7 nitrogen and oxygen atoms in total. The first-order valence-electron chi connectivity index (χ1n) is 12.5. The maximum atomic E-state index is 12.7. The van der Waals surface area contributed by atoms with E-state index in [1.165, 1.54) is 18.4 Å². The summed E-state index contributed by atoms with van der Waals surface area (Å²) in [4.78, 5) is 29.2. The third kappa shape index (κ3) is 5.20. The molecule has 1 N–H and O–H groups in total. The molecule has 1 aromatic heterocycles. The van der Waals surface area contributed by atoms with Crippen molar-refractivity contribution in [2.75, 3.05) is 44.6 Å². The number of nitrogens with zero attached hydrogens (tertiary/aromatic N) is 2. The molecule has 0 saturated carbocycles. The maximum absolute atomic E-state index is 12.7. The van der Waals surface area contributed by atoms with Gasteiger partial charge in [-0.25, -0.2) is 0 Å². The summed E-state index contributed by atoms with van der Waals surface area (Å²) in [6.45, 7) is 6.84. The van der Waals surface area contributed by atoms with Gasteiger partial charge in [0.25, 0.3) is 5.91 Å². The smallest absolute Gasteiger partial charge is 0.260 e. The fourth-order valence-electron chi connectivity index (χ4n) is 5.12. The van der Waals surface area contributed by atoms with Gasteiger partial charge in [-0.05, 0) is 62.4 Å². The second-order valence-corrected chi connectivity index (χ2v) is 9.63. The van der Waals surface area contributed by atoms with Crippen LogP contribution in [0.25, 0.3) is 11.0 Å². The van der Waals surface area contributed by atoms with Crippen molar-refractivity contribution in [3.05, 3.63) is 58.8 Å². The minimum absolute atomic E-state index is 0.0125. The molecule has 2 aliphatic rings. The molecule has 2 heterocycles. The van der Waals surface area contributed by atoms with Gasteiger partial charge in [-0.3, -0.25) is 14.5 Å². The number of amides is 2. The molecule has 0 radical (unpaired) electrons. The van der Waals surface area contributed by atoms with Gasteiger partial charge in [0, 0.05) is 49.2 Å². The van der Waals surface area contributed by atoms with Crippen LogP contribution in [0.15, 0.2) is 40.8 Å². The van der Waals surface area contributed by atoms with E-state index in [1.807, 2.05) is 55.1 Å². The van der Waals surface area contributed by atoms with Gasteiger partial charge in [-0.2, -0.15) is 0 Å². The molecule has 3 aromatic rings. The number of piperazine rings is 1. The Kier molecular flexibility index (Phi) is 6.77. The lowest BCUT2D eigenvalue weighted by Crippen LogP contribution is -2.51. The van der Waals surface area contributed by atoms with Gasteiger partial charge < -0.3 is 19.4 Å².